The van der Waals surface area contributed by atoms with E-state index in [0.717, 1.165) is 12.0 Å². The lowest BCUT2D eigenvalue weighted by atomic mass is 10.1. The van der Waals surface area contributed by atoms with Crippen molar-refractivity contribution in [1.29, 1.82) is 0 Å². The molecular formula is C22H25ClN4O. The van der Waals surface area contributed by atoms with Gasteiger partial charge in [0.05, 0.1) is 18.3 Å². The van der Waals surface area contributed by atoms with E-state index in [2.05, 4.69) is 27.4 Å². The number of aromatic nitrogens is 2. The number of hydrogen-bond acceptors (Lipinski definition) is 3. The van der Waals surface area contributed by atoms with Gasteiger partial charge in [-0.2, -0.15) is 5.10 Å². The Labute approximate surface area is 170 Å². The molecule has 0 aliphatic rings. The highest BCUT2D eigenvalue weighted by Crippen LogP contribution is 2.16. The molecule has 0 radical (unpaired) electrons. The van der Waals surface area contributed by atoms with Gasteiger partial charge >= 0.3 is 0 Å². The zero-order valence-corrected chi connectivity index (χ0v) is 16.9. The SMILES string of the molecule is CN(C)C(CNC(=O)c1cnn(Cc2ccccc2Cl)c1)Cc1ccccc1. The van der Waals surface area contributed by atoms with Crippen molar-refractivity contribution in [3.63, 3.8) is 0 Å². The van der Waals surface area contributed by atoms with Gasteiger partial charge in [0.1, 0.15) is 0 Å². The summed E-state index contributed by atoms with van der Waals surface area (Å²) in [4.78, 5) is 14.7. The van der Waals surface area contributed by atoms with E-state index in [0.29, 0.717) is 23.7 Å². The predicted octanol–water partition coefficient (Wildman–Crippen LogP) is 3.49. The molecule has 0 saturated heterocycles. The quantitative estimate of drug-likeness (QED) is 0.634. The van der Waals surface area contributed by atoms with Crippen LogP contribution in [0.4, 0.5) is 0 Å². The van der Waals surface area contributed by atoms with Gasteiger partial charge in [0, 0.05) is 23.8 Å². The number of likely N-dealkylation sites (N-methyl/N-ethyl adjacent to an activating group) is 1. The molecule has 1 N–H and O–H groups in total. The standard InChI is InChI=1S/C22H25ClN4O/c1-26(2)20(12-17-8-4-3-5-9-17)14-24-22(28)19-13-25-27(16-19)15-18-10-6-7-11-21(18)23/h3-11,13,16,20H,12,14-15H2,1-2H3,(H,24,28). The Hall–Kier alpha value is -2.63. The fourth-order valence-electron chi connectivity index (χ4n) is 3.00. The van der Waals surface area contributed by atoms with E-state index in [-0.39, 0.29) is 11.9 Å². The average molecular weight is 397 g/mol. The number of carbonyl (C=O) groups excluding carboxylic acids is 1. The van der Waals surface area contributed by atoms with Crippen LogP contribution in [-0.4, -0.2) is 47.3 Å². The zero-order chi connectivity index (χ0) is 19.9. The lowest BCUT2D eigenvalue weighted by Crippen LogP contribution is -2.41. The molecule has 1 heterocycles. The smallest absolute Gasteiger partial charge is 0.254 e. The summed E-state index contributed by atoms with van der Waals surface area (Å²) in [7, 11) is 4.06. The highest BCUT2D eigenvalue weighted by Gasteiger charge is 2.15. The first-order chi connectivity index (χ1) is 13.5. The van der Waals surface area contributed by atoms with Crippen molar-refractivity contribution in [1.82, 2.24) is 20.0 Å². The van der Waals surface area contributed by atoms with Crippen LogP contribution in [0.3, 0.4) is 0 Å². The van der Waals surface area contributed by atoms with Gasteiger partial charge in [-0.3, -0.25) is 9.48 Å². The van der Waals surface area contributed by atoms with Crippen molar-refractivity contribution in [3.05, 3.63) is 88.7 Å². The van der Waals surface area contributed by atoms with Gasteiger partial charge in [0.15, 0.2) is 0 Å². The molecule has 0 bridgehead atoms. The Balaban J connectivity index is 1.58. The van der Waals surface area contributed by atoms with Crippen LogP contribution >= 0.6 is 11.6 Å². The van der Waals surface area contributed by atoms with Crippen molar-refractivity contribution in [2.45, 2.75) is 19.0 Å². The zero-order valence-electron chi connectivity index (χ0n) is 16.2. The topological polar surface area (TPSA) is 50.2 Å². The molecule has 3 aromatic rings. The second-order valence-electron chi connectivity index (χ2n) is 7.04. The van der Waals surface area contributed by atoms with Gasteiger partial charge in [-0.15, -0.1) is 0 Å². The van der Waals surface area contributed by atoms with Crippen LogP contribution in [-0.2, 0) is 13.0 Å². The normalized spacial score (nSPS) is 12.1. The third-order valence-electron chi connectivity index (χ3n) is 4.73. The Kier molecular flexibility index (Phi) is 6.85. The number of nitrogens with zero attached hydrogens (tertiary/aromatic N) is 3. The number of halogens is 1. The molecule has 146 valence electrons. The largest absolute Gasteiger partial charge is 0.350 e. The second-order valence-corrected chi connectivity index (χ2v) is 7.44. The van der Waals surface area contributed by atoms with Crippen LogP contribution in [0.5, 0.6) is 0 Å². The van der Waals surface area contributed by atoms with E-state index in [1.54, 1.807) is 17.1 Å². The summed E-state index contributed by atoms with van der Waals surface area (Å²) in [5, 5.41) is 8.01. The second kappa shape index (κ2) is 9.53. The number of rotatable bonds is 8. The van der Waals surface area contributed by atoms with Crippen LogP contribution in [0.2, 0.25) is 5.02 Å². The highest BCUT2D eigenvalue weighted by molar-refractivity contribution is 6.31. The van der Waals surface area contributed by atoms with E-state index >= 15 is 0 Å². The summed E-state index contributed by atoms with van der Waals surface area (Å²) < 4.78 is 1.73. The van der Waals surface area contributed by atoms with E-state index in [4.69, 9.17) is 11.6 Å². The minimum Gasteiger partial charge on any atom is -0.350 e. The highest BCUT2D eigenvalue weighted by atomic mass is 35.5. The number of amides is 1. The molecule has 3 rings (SSSR count). The van der Waals surface area contributed by atoms with Crippen LogP contribution in [0.1, 0.15) is 21.5 Å². The lowest BCUT2D eigenvalue weighted by Gasteiger charge is -2.24. The van der Waals surface area contributed by atoms with Gasteiger partial charge in [-0.1, -0.05) is 60.1 Å². The summed E-state index contributed by atoms with van der Waals surface area (Å²) in [6.07, 6.45) is 4.22. The van der Waals surface area contributed by atoms with Gasteiger partial charge in [-0.25, -0.2) is 0 Å². The number of hydrogen-bond donors (Lipinski definition) is 1. The van der Waals surface area contributed by atoms with Crippen LogP contribution in [0.15, 0.2) is 67.0 Å². The maximum absolute atomic E-state index is 12.5. The van der Waals surface area contributed by atoms with Crippen molar-refractivity contribution in [2.75, 3.05) is 20.6 Å². The summed E-state index contributed by atoms with van der Waals surface area (Å²) >= 11 is 6.20. The van der Waals surface area contributed by atoms with Crippen molar-refractivity contribution >= 4 is 17.5 Å². The maximum Gasteiger partial charge on any atom is 0.254 e. The Morgan fingerprint density at radius 2 is 1.86 bits per heavy atom. The minimum atomic E-state index is -0.120. The monoisotopic (exact) mass is 396 g/mol. The van der Waals surface area contributed by atoms with Gasteiger partial charge in [0.25, 0.3) is 5.91 Å². The van der Waals surface area contributed by atoms with Crippen LogP contribution in [0, 0.1) is 0 Å². The molecule has 0 spiro atoms. The molecule has 0 aliphatic heterocycles. The predicted molar refractivity (Wildman–Crippen MR) is 113 cm³/mol. The molecule has 5 nitrogen and oxygen atoms in total. The molecule has 0 aliphatic carbocycles. The summed E-state index contributed by atoms with van der Waals surface area (Å²) in [5.74, 6) is -0.120. The number of nitrogens with one attached hydrogen (secondary N) is 1. The van der Waals surface area contributed by atoms with Gasteiger partial charge in [-0.05, 0) is 37.7 Å². The molecule has 0 fully saturated rings. The van der Waals surface area contributed by atoms with E-state index in [1.807, 2.05) is 56.6 Å². The van der Waals surface area contributed by atoms with E-state index in [9.17, 15) is 4.79 Å². The number of benzene rings is 2. The first kappa shape index (κ1) is 20.1. The molecule has 1 unspecified atom stereocenters. The number of carbonyl (C=O) groups is 1. The van der Waals surface area contributed by atoms with Gasteiger partial charge < -0.3 is 10.2 Å². The fourth-order valence-corrected chi connectivity index (χ4v) is 3.20. The molecule has 6 heteroatoms. The minimum absolute atomic E-state index is 0.120. The summed E-state index contributed by atoms with van der Waals surface area (Å²) in [6, 6.07) is 18.1. The fraction of sp³-hybridized carbons (Fsp3) is 0.273. The molecular weight excluding hydrogens is 372 g/mol. The summed E-state index contributed by atoms with van der Waals surface area (Å²) in [6.45, 7) is 1.09. The van der Waals surface area contributed by atoms with Crippen molar-refractivity contribution in [3.8, 4) is 0 Å². The van der Waals surface area contributed by atoms with Crippen molar-refractivity contribution in [2.24, 2.45) is 0 Å². The average Bonchev–Trinajstić information content (AvgIpc) is 3.16. The molecule has 2 aromatic carbocycles. The molecule has 1 atom stereocenters. The lowest BCUT2D eigenvalue weighted by molar-refractivity contribution is 0.0941. The Bertz CT molecular complexity index is 908. The maximum atomic E-state index is 12.5. The first-order valence-corrected chi connectivity index (χ1v) is 9.65. The first-order valence-electron chi connectivity index (χ1n) is 9.27. The Morgan fingerprint density at radius 1 is 1.14 bits per heavy atom. The van der Waals surface area contributed by atoms with Crippen LogP contribution in [0.25, 0.3) is 0 Å². The van der Waals surface area contributed by atoms with Gasteiger partial charge in [0.2, 0.25) is 0 Å². The van der Waals surface area contributed by atoms with E-state index < -0.39 is 0 Å². The third-order valence-corrected chi connectivity index (χ3v) is 5.10. The van der Waals surface area contributed by atoms with E-state index in [1.165, 1.54) is 5.56 Å². The Morgan fingerprint density at radius 3 is 2.57 bits per heavy atom. The molecule has 28 heavy (non-hydrogen) atoms. The summed E-state index contributed by atoms with van der Waals surface area (Å²) in [5.41, 5.74) is 2.77. The molecule has 0 saturated carbocycles. The van der Waals surface area contributed by atoms with Crippen LogP contribution < -0.4 is 5.32 Å². The molecule has 1 amide bonds. The third kappa shape index (κ3) is 5.44. The van der Waals surface area contributed by atoms with Crippen molar-refractivity contribution < 1.29 is 4.79 Å². The molecule has 1 aromatic heterocycles.